The molecule has 1 fully saturated rings. The molecule has 0 radical (unpaired) electrons. The molecule has 0 amide bonds. The van der Waals surface area contributed by atoms with Gasteiger partial charge in [-0.25, -0.2) is 0 Å². The third kappa shape index (κ3) is 2.39. The third-order valence-electron chi connectivity index (χ3n) is 4.42. The lowest BCUT2D eigenvalue weighted by Crippen LogP contribution is -2.26. The number of hydrogen-bond acceptors (Lipinski definition) is 2. The Labute approximate surface area is 110 Å². The molecule has 1 N–H and O–H groups in total. The standard InChI is InChI=1S/C16H24N2/c1-2-17-11-13-8-9-18(12-13)16-7-6-14-4-3-5-15(14)10-16/h6-7,10,13,17H,2-5,8-9,11-12H2,1H3. The van der Waals surface area contributed by atoms with Crippen molar-refractivity contribution in [3.63, 3.8) is 0 Å². The summed E-state index contributed by atoms with van der Waals surface area (Å²) in [5, 5.41) is 3.48. The molecule has 0 saturated carbocycles. The number of anilines is 1. The van der Waals surface area contributed by atoms with Gasteiger partial charge in [-0.3, -0.25) is 0 Å². The van der Waals surface area contributed by atoms with E-state index in [1.54, 1.807) is 11.1 Å². The first-order valence-corrected chi connectivity index (χ1v) is 7.44. The molecule has 1 aliphatic heterocycles. The summed E-state index contributed by atoms with van der Waals surface area (Å²) in [6.07, 6.45) is 5.27. The number of hydrogen-bond donors (Lipinski definition) is 1. The van der Waals surface area contributed by atoms with Crippen LogP contribution in [0.4, 0.5) is 5.69 Å². The van der Waals surface area contributed by atoms with E-state index in [9.17, 15) is 0 Å². The highest BCUT2D eigenvalue weighted by Gasteiger charge is 2.23. The van der Waals surface area contributed by atoms with E-state index >= 15 is 0 Å². The topological polar surface area (TPSA) is 15.3 Å². The second kappa shape index (κ2) is 5.31. The Morgan fingerprint density at radius 1 is 1.28 bits per heavy atom. The Bertz CT molecular complexity index is 414. The molecule has 2 nitrogen and oxygen atoms in total. The van der Waals surface area contributed by atoms with Crippen molar-refractivity contribution >= 4 is 5.69 Å². The summed E-state index contributed by atoms with van der Waals surface area (Å²) in [4.78, 5) is 2.57. The summed E-state index contributed by atoms with van der Waals surface area (Å²) < 4.78 is 0. The van der Waals surface area contributed by atoms with Crippen molar-refractivity contribution in [2.24, 2.45) is 5.92 Å². The molecule has 1 heterocycles. The van der Waals surface area contributed by atoms with Crippen molar-refractivity contribution in [2.45, 2.75) is 32.6 Å². The Kier molecular flexibility index (Phi) is 3.55. The number of fused-ring (bicyclic) bond motifs is 1. The Morgan fingerprint density at radius 2 is 2.17 bits per heavy atom. The highest BCUT2D eigenvalue weighted by molar-refractivity contribution is 5.53. The van der Waals surface area contributed by atoms with Gasteiger partial charge in [-0.15, -0.1) is 0 Å². The van der Waals surface area contributed by atoms with Gasteiger partial charge in [0, 0.05) is 18.8 Å². The molecule has 1 unspecified atom stereocenters. The van der Waals surface area contributed by atoms with E-state index in [1.165, 1.54) is 51.0 Å². The van der Waals surface area contributed by atoms with Gasteiger partial charge in [0.25, 0.3) is 0 Å². The first kappa shape index (κ1) is 12.0. The van der Waals surface area contributed by atoms with Gasteiger partial charge < -0.3 is 10.2 Å². The zero-order valence-electron chi connectivity index (χ0n) is 11.4. The van der Waals surface area contributed by atoms with Gasteiger partial charge in [-0.1, -0.05) is 13.0 Å². The van der Waals surface area contributed by atoms with Gasteiger partial charge in [0.05, 0.1) is 0 Å². The largest absolute Gasteiger partial charge is 0.371 e. The highest BCUT2D eigenvalue weighted by atomic mass is 15.2. The van der Waals surface area contributed by atoms with E-state index in [-0.39, 0.29) is 0 Å². The fraction of sp³-hybridized carbons (Fsp3) is 0.625. The lowest BCUT2D eigenvalue weighted by Gasteiger charge is -2.20. The van der Waals surface area contributed by atoms with Crippen LogP contribution >= 0.6 is 0 Å². The van der Waals surface area contributed by atoms with Crippen LogP contribution in [-0.4, -0.2) is 26.2 Å². The van der Waals surface area contributed by atoms with Gasteiger partial charge >= 0.3 is 0 Å². The minimum Gasteiger partial charge on any atom is -0.371 e. The smallest absolute Gasteiger partial charge is 0.0369 e. The Hall–Kier alpha value is -1.02. The fourth-order valence-corrected chi connectivity index (χ4v) is 3.34. The number of benzene rings is 1. The van der Waals surface area contributed by atoms with Crippen LogP contribution < -0.4 is 10.2 Å². The molecule has 1 aliphatic carbocycles. The van der Waals surface area contributed by atoms with Gasteiger partial charge in [0.15, 0.2) is 0 Å². The normalized spacial score (nSPS) is 22.5. The van der Waals surface area contributed by atoms with Crippen molar-refractivity contribution < 1.29 is 0 Å². The number of aryl methyl sites for hydroxylation is 2. The molecular formula is C16H24N2. The van der Waals surface area contributed by atoms with Gasteiger partial charge in [0.2, 0.25) is 0 Å². The van der Waals surface area contributed by atoms with Gasteiger partial charge in [-0.2, -0.15) is 0 Å². The zero-order chi connectivity index (χ0) is 12.4. The summed E-state index contributed by atoms with van der Waals surface area (Å²) >= 11 is 0. The average molecular weight is 244 g/mol. The first-order chi connectivity index (χ1) is 8.86. The van der Waals surface area contributed by atoms with Crippen molar-refractivity contribution in [1.82, 2.24) is 5.32 Å². The van der Waals surface area contributed by atoms with Crippen LogP contribution in [0.3, 0.4) is 0 Å². The van der Waals surface area contributed by atoms with Crippen LogP contribution in [0.2, 0.25) is 0 Å². The van der Waals surface area contributed by atoms with Gasteiger partial charge in [0.1, 0.15) is 0 Å². The van der Waals surface area contributed by atoms with Crippen molar-refractivity contribution in [3.8, 4) is 0 Å². The number of nitrogens with one attached hydrogen (secondary N) is 1. The predicted molar refractivity (Wildman–Crippen MR) is 77.3 cm³/mol. The molecule has 1 aromatic carbocycles. The lowest BCUT2D eigenvalue weighted by molar-refractivity contribution is 0.528. The second-order valence-corrected chi connectivity index (χ2v) is 5.71. The van der Waals surface area contributed by atoms with Crippen LogP contribution in [0.15, 0.2) is 18.2 Å². The van der Waals surface area contributed by atoms with E-state index in [2.05, 4.69) is 35.3 Å². The molecule has 1 aromatic rings. The van der Waals surface area contributed by atoms with Crippen LogP contribution in [0.1, 0.15) is 30.9 Å². The molecule has 0 spiro atoms. The fourth-order valence-electron chi connectivity index (χ4n) is 3.34. The number of nitrogens with zero attached hydrogens (tertiary/aromatic N) is 1. The lowest BCUT2D eigenvalue weighted by atomic mass is 10.1. The van der Waals surface area contributed by atoms with Crippen molar-refractivity contribution in [3.05, 3.63) is 29.3 Å². The predicted octanol–water partition coefficient (Wildman–Crippen LogP) is 2.61. The summed E-state index contributed by atoms with van der Waals surface area (Å²) in [7, 11) is 0. The zero-order valence-corrected chi connectivity index (χ0v) is 11.4. The number of rotatable bonds is 4. The molecule has 98 valence electrons. The van der Waals surface area contributed by atoms with E-state index in [1.807, 2.05) is 0 Å². The average Bonchev–Trinajstić information content (AvgIpc) is 3.04. The van der Waals surface area contributed by atoms with E-state index in [0.717, 1.165) is 12.5 Å². The van der Waals surface area contributed by atoms with Gasteiger partial charge in [-0.05, 0) is 68.0 Å². The van der Waals surface area contributed by atoms with Crippen LogP contribution in [0.25, 0.3) is 0 Å². The minimum absolute atomic E-state index is 0.832. The van der Waals surface area contributed by atoms with E-state index in [0.29, 0.717) is 0 Å². The van der Waals surface area contributed by atoms with E-state index in [4.69, 9.17) is 0 Å². The summed E-state index contributed by atoms with van der Waals surface area (Å²) in [6.45, 7) is 6.92. The quantitative estimate of drug-likeness (QED) is 0.876. The Morgan fingerprint density at radius 3 is 3.06 bits per heavy atom. The molecule has 1 saturated heterocycles. The molecule has 0 bridgehead atoms. The van der Waals surface area contributed by atoms with Crippen LogP contribution in [-0.2, 0) is 12.8 Å². The summed E-state index contributed by atoms with van der Waals surface area (Å²) in [5.41, 5.74) is 4.64. The van der Waals surface area contributed by atoms with E-state index < -0.39 is 0 Å². The molecule has 3 rings (SSSR count). The SMILES string of the molecule is CCNCC1CCN(c2ccc3c(c2)CCC3)C1. The third-order valence-corrected chi connectivity index (χ3v) is 4.42. The van der Waals surface area contributed by atoms with Crippen LogP contribution in [0, 0.1) is 5.92 Å². The van der Waals surface area contributed by atoms with Crippen molar-refractivity contribution in [1.29, 1.82) is 0 Å². The first-order valence-electron chi connectivity index (χ1n) is 7.44. The highest BCUT2D eigenvalue weighted by Crippen LogP contribution is 2.29. The maximum absolute atomic E-state index is 3.48. The Balaban J connectivity index is 1.65. The molecule has 0 aromatic heterocycles. The molecule has 2 aliphatic rings. The molecular weight excluding hydrogens is 220 g/mol. The maximum atomic E-state index is 3.48. The minimum atomic E-state index is 0.832. The maximum Gasteiger partial charge on any atom is 0.0369 e. The van der Waals surface area contributed by atoms with Crippen molar-refractivity contribution in [2.75, 3.05) is 31.1 Å². The monoisotopic (exact) mass is 244 g/mol. The molecule has 1 atom stereocenters. The summed E-state index contributed by atoms with van der Waals surface area (Å²) in [6, 6.07) is 7.13. The summed E-state index contributed by atoms with van der Waals surface area (Å²) in [5.74, 6) is 0.832. The molecule has 2 heteroatoms. The molecule has 18 heavy (non-hydrogen) atoms. The second-order valence-electron chi connectivity index (χ2n) is 5.71. The van der Waals surface area contributed by atoms with Crippen LogP contribution in [0.5, 0.6) is 0 Å².